The van der Waals surface area contributed by atoms with Gasteiger partial charge in [0.25, 0.3) is 0 Å². The number of nitrogens with zero attached hydrogens (tertiary/aromatic N) is 2. The molecule has 2 rings (SSSR count). The van der Waals surface area contributed by atoms with Gasteiger partial charge < -0.3 is 18.8 Å². The van der Waals surface area contributed by atoms with Gasteiger partial charge in [-0.1, -0.05) is 177 Å². The summed E-state index contributed by atoms with van der Waals surface area (Å²) in [5.41, 5.74) is 0.443. The maximum Gasteiger partial charge on any atom is 0.308 e. The van der Waals surface area contributed by atoms with Crippen molar-refractivity contribution in [3.63, 3.8) is 0 Å². The molecule has 0 aromatic rings. The molecule has 0 amide bonds. The number of unbranched alkanes of at least 4 members (excludes halogenated alkanes) is 17. The van der Waals surface area contributed by atoms with Crippen molar-refractivity contribution in [2.75, 3.05) is 52.5 Å². The molecule has 2 fully saturated rings. The lowest BCUT2D eigenvalue weighted by Gasteiger charge is -2.48. The van der Waals surface area contributed by atoms with Crippen molar-refractivity contribution in [2.24, 2.45) is 17.3 Å². The molecule has 64 heavy (non-hydrogen) atoms. The van der Waals surface area contributed by atoms with Crippen molar-refractivity contribution in [3.05, 3.63) is 0 Å². The maximum absolute atomic E-state index is 13.9. The van der Waals surface area contributed by atoms with E-state index >= 15 is 0 Å². The van der Waals surface area contributed by atoms with Crippen LogP contribution >= 0.6 is 0 Å². The summed E-state index contributed by atoms with van der Waals surface area (Å²) < 4.78 is 18.9. The first-order valence-corrected chi connectivity index (χ1v) is 31.2. The van der Waals surface area contributed by atoms with Crippen LogP contribution in [0.1, 0.15) is 254 Å². The molecule has 0 bridgehead atoms. The Balaban J connectivity index is 2.00. The molecule has 0 aromatic carbocycles. The number of ether oxygens (including phenoxy) is 2. The Bertz CT molecular complexity index is 1140. The zero-order chi connectivity index (χ0) is 46.9. The Morgan fingerprint density at radius 3 is 1.41 bits per heavy atom. The molecule has 2 heterocycles. The van der Waals surface area contributed by atoms with E-state index in [1.807, 2.05) is 0 Å². The Kier molecular flexibility index (Phi) is 32.5. The Morgan fingerprint density at radius 1 is 0.516 bits per heavy atom. The van der Waals surface area contributed by atoms with Gasteiger partial charge in [-0.15, -0.1) is 0 Å². The zero-order valence-corrected chi connectivity index (χ0v) is 45.5. The van der Waals surface area contributed by atoms with Crippen LogP contribution in [-0.2, 0) is 23.5 Å². The Hall–Kier alpha value is -0.963. The number of piperidine rings is 2. The van der Waals surface area contributed by atoms with Crippen LogP contribution in [0.15, 0.2) is 0 Å². The third-order valence-corrected chi connectivity index (χ3v) is 20.6. The number of rotatable bonds is 39. The quantitative estimate of drug-likeness (QED) is 0.0346. The van der Waals surface area contributed by atoms with Crippen molar-refractivity contribution >= 4 is 20.3 Å². The third-order valence-electron chi connectivity index (χ3n) is 16.1. The summed E-state index contributed by atoms with van der Waals surface area (Å²) in [7, 11) is -1.67. The first-order valence-electron chi connectivity index (χ1n) is 28.2. The van der Waals surface area contributed by atoms with Crippen molar-refractivity contribution in [1.82, 2.24) is 9.80 Å². The van der Waals surface area contributed by atoms with Gasteiger partial charge >= 0.3 is 11.9 Å². The van der Waals surface area contributed by atoms with Gasteiger partial charge in [-0.05, 0) is 133 Å². The van der Waals surface area contributed by atoms with E-state index in [1.165, 1.54) is 154 Å². The molecule has 0 N–H and O–H groups in total. The van der Waals surface area contributed by atoms with Crippen molar-refractivity contribution < 1.29 is 23.5 Å². The summed E-state index contributed by atoms with van der Waals surface area (Å²) in [4.78, 5) is 32.8. The second-order valence-electron chi connectivity index (χ2n) is 22.5. The SMILES string of the molecule is CCCCCCCCC(CCCCCC)C(=O)OCCCC(COC(=O)C(CCCCCC)CCCCCCCC)N1CCC2(CCN(CCCCO[Si](C)(C)C(C)(C)C)CC2)CC1. The Labute approximate surface area is 399 Å². The topological polar surface area (TPSA) is 68.3 Å². The van der Waals surface area contributed by atoms with Crippen LogP contribution in [0.5, 0.6) is 0 Å². The first kappa shape index (κ1) is 59.2. The van der Waals surface area contributed by atoms with Crippen molar-refractivity contribution in [2.45, 2.75) is 278 Å². The predicted molar refractivity (Wildman–Crippen MR) is 277 cm³/mol. The lowest BCUT2D eigenvalue weighted by molar-refractivity contribution is -0.151. The number of likely N-dealkylation sites (tertiary alicyclic amines) is 2. The molecular formula is C56H110N2O5Si. The fourth-order valence-electron chi connectivity index (χ4n) is 10.1. The third kappa shape index (κ3) is 25.4. The highest BCUT2D eigenvalue weighted by Gasteiger charge is 2.40. The fraction of sp³-hybridized carbons (Fsp3) is 0.964. The molecule has 0 radical (unpaired) electrons. The summed E-state index contributed by atoms with van der Waals surface area (Å²) >= 11 is 0. The van der Waals surface area contributed by atoms with E-state index in [-0.39, 0.29) is 34.9 Å². The number of carbonyl (C=O) groups excluding carboxylic acids is 2. The van der Waals surface area contributed by atoms with Gasteiger partial charge in [0.2, 0.25) is 0 Å². The zero-order valence-electron chi connectivity index (χ0n) is 44.5. The van der Waals surface area contributed by atoms with Crippen LogP contribution in [0.4, 0.5) is 0 Å². The molecule has 3 unspecified atom stereocenters. The van der Waals surface area contributed by atoms with Crippen LogP contribution < -0.4 is 0 Å². The van der Waals surface area contributed by atoms with Gasteiger partial charge in [-0.25, -0.2) is 0 Å². The molecule has 3 atom stereocenters. The average Bonchev–Trinajstić information content (AvgIpc) is 3.27. The van der Waals surface area contributed by atoms with Gasteiger partial charge in [0.05, 0.1) is 18.4 Å². The van der Waals surface area contributed by atoms with Gasteiger partial charge in [0.1, 0.15) is 6.61 Å². The van der Waals surface area contributed by atoms with E-state index in [0.717, 1.165) is 90.3 Å². The van der Waals surface area contributed by atoms with Crippen LogP contribution in [0.3, 0.4) is 0 Å². The van der Waals surface area contributed by atoms with Crippen LogP contribution in [0, 0.1) is 17.3 Å². The highest BCUT2D eigenvalue weighted by molar-refractivity contribution is 6.74. The van der Waals surface area contributed by atoms with Crippen molar-refractivity contribution in [1.29, 1.82) is 0 Å². The summed E-state index contributed by atoms with van der Waals surface area (Å²) in [6.45, 7) is 28.4. The van der Waals surface area contributed by atoms with Gasteiger partial charge in [0, 0.05) is 12.6 Å². The highest BCUT2D eigenvalue weighted by atomic mass is 28.4. The van der Waals surface area contributed by atoms with Crippen LogP contribution in [-0.4, -0.2) is 88.6 Å². The average molecular weight is 920 g/mol. The monoisotopic (exact) mass is 919 g/mol. The molecule has 2 aliphatic rings. The maximum atomic E-state index is 13.9. The summed E-state index contributed by atoms with van der Waals surface area (Å²) in [6, 6.07) is 0.177. The van der Waals surface area contributed by atoms with E-state index < -0.39 is 8.32 Å². The molecule has 8 heteroatoms. The summed E-state index contributed by atoms with van der Waals surface area (Å²) in [5.74, 6) is 0.116. The molecule has 0 aliphatic carbocycles. The second-order valence-corrected chi connectivity index (χ2v) is 27.3. The molecule has 2 saturated heterocycles. The number of hydrogen-bond donors (Lipinski definition) is 0. The van der Waals surface area contributed by atoms with E-state index in [4.69, 9.17) is 13.9 Å². The largest absolute Gasteiger partial charge is 0.465 e. The standard InChI is InChI=1S/C56H110N2O5Si/c1-10-14-18-22-24-28-35-50(33-26-20-16-12-3)53(59)61-47-32-37-52(49-62-54(60)51(34-27-21-17-13-4)36-29-25-23-19-15-11-2)58-45-40-56(41-46-58)38-43-57(44-39-56)42-30-31-48-63-64(8,9)55(5,6)7/h50-52H,10-49H2,1-9H3. The number of hydrogen-bond acceptors (Lipinski definition) is 7. The Morgan fingerprint density at radius 2 is 0.938 bits per heavy atom. The van der Waals surface area contributed by atoms with Crippen molar-refractivity contribution in [3.8, 4) is 0 Å². The minimum absolute atomic E-state index is 0.0186. The fourth-order valence-corrected chi connectivity index (χ4v) is 11.2. The second kappa shape index (κ2) is 35.2. The minimum Gasteiger partial charge on any atom is -0.465 e. The smallest absolute Gasteiger partial charge is 0.308 e. The van der Waals surface area contributed by atoms with E-state index in [0.29, 0.717) is 18.6 Å². The van der Waals surface area contributed by atoms with Gasteiger partial charge in [-0.3, -0.25) is 14.5 Å². The lowest BCUT2D eigenvalue weighted by atomic mass is 9.71. The molecule has 1 spiro atoms. The lowest BCUT2D eigenvalue weighted by Crippen LogP contribution is -2.50. The number of carbonyl (C=O) groups is 2. The number of esters is 2. The molecule has 0 saturated carbocycles. The molecular weight excluding hydrogens is 809 g/mol. The normalized spacial score (nSPS) is 17.7. The van der Waals surface area contributed by atoms with Gasteiger partial charge in [-0.2, -0.15) is 0 Å². The van der Waals surface area contributed by atoms with Crippen LogP contribution in [0.2, 0.25) is 18.1 Å². The molecule has 378 valence electrons. The highest BCUT2D eigenvalue weighted by Crippen LogP contribution is 2.42. The van der Waals surface area contributed by atoms with E-state index in [2.05, 4.69) is 71.4 Å². The summed E-state index contributed by atoms with van der Waals surface area (Å²) in [6.07, 6.45) is 37.6. The molecule has 0 aromatic heterocycles. The predicted octanol–water partition coefficient (Wildman–Crippen LogP) is 15.9. The minimum atomic E-state index is -1.67. The van der Waals surface area contributed by atoms with E-state index in [9.17, 15) is 9.59 Å². The molecule has 7 nitrogen and oxygen atoms in total. The molecule has 2 aliphatic heterocycles. The van der Waals surface area contributed by atoms with Crippen LogP contribution in [0.25, 0.3) is 0 Å². The van der Waals surface area contributed by atoms with E-state index in [1.54, 1.807) is 0 Å². The summed E-state index contributed by atoms with van der Waals surface area (Å²) in [5, 5.41) is 0.274. The first-order chi connectivity index (χ1) is 30.8. The van der Waals surface area contributed by atoms with Gasteiger partial charge in [0.15, 0.2) is 8.32 Å².